The van der Waals surface area contributed by atoms with Gasteiger partial charge in [-0.1, -0.05) is 41.9 Å². The molecule has 3 aromatic carbocycles. The third-order valence-electron chi connectivity index (χ3n) is 6.25. The van der Waals surface area contributed by atoms with Crippen molar-refractivity contribution in [1.29, 1.82) is 0 Å². The molecule has 1 amide bonds. The van der Waals surface area contributed by atoms with Crippen molar-refractivity contribution < 1.29 is 28.5 Å². The fourth-order valence-corrected chi connectivity index (χ4v) is 4.63. The van der Waals surface area contributed by atoms with Crippen molar-refractivity contribution in [2.75, 3.05) is 20.3 Å². The Morgan fingerprint density at radius 2 is 1.81 bits per heavy atom. The van der Waals surface area contributed by atoms with Crippen molar-refractivity contribution in [3.05, 3.63) is 99.7 Å². The van der Waals surface area contributed by atoms with Crippen LogP contribution in [0.15, 0.2) is 83.1 Å². The number of halogens is 1. The van der Waals surface area contributed by atoms with Gasteiger partial charge in [0.25, 0.3) is 5.91 Å². The first-order valence-electron chi connectivity index (χ1n) is 13.3. The highest BCUT2D eigenvalue weighted by Crippen LogP contribution is 2.33. The van der Waals surface area contributed by atoms with E-state index in [1.165, 1.54) is 6.21 Å². The molecule has 0 saturated heterocycles. The molecule has 0 fully saturated rings. The van der Waals surface area contributed by atoms with Gasteiger partial charge in [0.15, 0.2) is 23.2 Å². The molecule has 3 aromatic rings. The van der Waals surface area contributed by atoms with Gasteiger partial charge in [-0.15, -0.1) is 0 Å². The molecular weight excluding hydrogens is 592 g/mol. The highest BCUT2D eigenvalue weighted by Gasteiger charge is 2.32. The Labute approximate surface area is 260 Å². The smallest absolute Gasteiger partial charge is 0.338 e. The second-order valence-electron chi connectivity index (χ2n) is 9.24. The van der Waals surface area contributed by atoms with Gasteiger partial charge >= 0.3 is 5.97 Å². The Kier molecular flexibility index (Phi) is 11.0. The molecule has 1 aliphatic heterocycles. The van der Waals surface area contributed by atoms with E-state index in [0.717, 1.165) is 5.56 Å². The fraction of sp³-hybridized carbons (Fsp3) is 0.226. The van der Waals surface area contributed by atoms with Gasteiger partial charge in [-0.05, 0) is 73.6 Å². The molecule has 0 radical (unpaired) electrons. The molecule has 43 heavy (non-hydrogen) atoms. The van der Waals surface area contributed by atoms with Gasteiger partial charge in [-0.3, -0.25) is 4.79 Å². The molecule has 0 aromatic heterocycles. The molecule has 1 atom stereocenters. The van der Waals surface area contributed by atoms with E-state index in [1.54, 1.807) is 75.6 Å². The minimum absolute atomic E-state index is 0.223. The summed E-state index contributed by atoms with van der Waals surface area (Å²) < 4.78 is 22.4. The van der Waals surface area contributed by atoms with Crippen LogP contribution in [0.1, 0.15) is 36.6 Å². The lowest BCUT2D eigenvalue weighted by atomic mass is 9.95. The number of hydrazone groups is 1. The normalized spacial score (nSPS) is 14.5. The summed E-state index contributed by atoms with van der Waals surface area (Å²) in [5, 5.41) is 11.1. The van der Waals surface area contributed by atoms with Gasteiger partial charge in [0, 0.05) is 16.3 Å². The molecule has 1 heterocycles. The van der Waals surface area contributed by atoms with Gasteiger partial charge in [-0.2, -0.15) is 5.10 Å². The van der Waals surface area contributed by atoms with Crippen LogP contribution in [-0.2, 0) is 20.9 Å². The van der Waals surface area contributed by atoms with E-state index in [1.807, 2.05) is 12.1 Å². The van der Waals surface area contributed by atoms with Crippen LogP contribution in [0.4, 0.5) is 0 Å². The molecule has 10 nitrogen and oxygen atoms in total. The zero-order valence-corrected chi connectivity index (χ0v) is 25.4. The van der Waals surface area contributed by atoms with Crippen molar-refractivity contribution in [2.24, 2.45) is 5.10 Å². The van der Waals surface area contributed by atoms with Crippen LogP contribution in [0.5, 0.6) is 17.2 Å². The van der Waals surface area contributed by atoms with E-state index >= 15 is 0 Å². The maximum absolute atomic E-state index is 12.7. The highest BCUT2D eigenvalue weighted by atomic mass is 35.5. The molecule has 0 aliphatic carbocycles. The number of carbonyl (C=O) groups excluding carboxylic acids is 2. The van der Waals surface area contributed by atoms with Crippen LogP contribution in [0.25, 0.3) is 0 Å². The summed E-state index contributed by atoms with van der Waals surface area (Å²) in [5.41, 5.74) is 5.67. The summed E-state index contributed by atoms with van der Waals surface area (Å²) in [6.45, 7) is 3.74. The second-order valence-corrected chi connectivity index (χ2v) is 10.1. The van der Waals surface area contributed by atoms with E-state index in [9.17, 15) is 9.59 Å². The number of carbonyl (C=O) groups is 2. The maximum Gasteiger partial charge on any atom is 0.338 e. The number of methoxy groups -OCH3 is 1. The van der Waals surface area contributed by atoms with Crippen molar-refractivity contribution in [3.63, 3.8) is 0 Å². The lowest BCUT2D eigenvalue weighted by Crippen LogP contribution is -2.45. The van der Waals surface area contributed by atoms with Crippen LogP contribution in [-0.4, -0.2) is 43.5 Å². The summed E-state index contributed by atoms with van der Waals surface area (Å²) in [4.78, 5) is 25.3. The Bertz CT molecular complexity index is 1540. The van der Waals surface area contributed by atoms with E-state index in [-0.39, 0.29) is 13.2 Å². The molecule has 0 unspecified atom stereocenters. The minimum Gasteiger partial charge on any atom is -0.493 e. The van der Waals surface area contributed by atoms with E-state index in [4.69, 9.17) is 42.8 Å². The monoisotopic (exact) mass is 622 g/mol. The molecule has 12 heteroatoms. The topological polar surface area (TPSA) is 120 Å². The van der Waals surface area contributed by atoms with Gasteiger partial charge in [0.05, 0.1) is 31.5 Å². The van der Waals surface area contributed by atoms with Crippen molar-refractivity contribution in [3.8, 4) is 17.2 Å². The molecule has 4 rings (SSSR count). The lowest BCUT2D eigenvalue weighted by Gasteiger charge is -2.30. The number of rotatable bonds is 12. The summed E-state index contributed by atoms with van der Waals surface area (Å²) in [5.74, 6) is 0.518. The van der Waals surface area contributed by atoms with Gasteiger partial charge in [0.1, 0.15) is 12.4 Å². The maximum atomic E-state index is 12.7. The van der Waals surface area contributed by atoms with Crippen LogP contribution in [0.3, 0.4) is 0 Å². The van der Waals surface area contributed by atoms with Gasteiger partial charge < -0.3 is 29.6 Å². The molecule has 0 bridgehead atoms. The third-order valence-corrected chi connectivity index (χ3v) is 6.72. The Morgan fingerprint density at radius 1 is 1.05 bits per heavy atom. The fourth-order valence-electron chi connectivity index (χ4n) is 4.24. The van der Waals surface area contributed by atoms with Gasteiger partial charge in [0.2, 0.25) is 0 Å². The lowest BCUT2D eigenvalue weighted by molar-refractivity contribution is -0.139. The van der Waals surface area contributed by atoms with Crippen LogP contribution >= 0.6 is 23.8 Å². The summed E-state index contributed by atoms with van der Waals surface area (Å²) >= 11 is 11.3. The van der Waals surface area contributed by atoms with Crippen LogP contribution in [0, 0.1) is 0 Å². The zero-order valence-electron chi connectivity index (χ0n) is 23.8. The first-order valence-corrected chi connectivity index (χ1v) is 14.1. The quantitative estimate of drug-likeness (QED) is 0.113. The average molecular weight is 623 g/mol. The van der Waals surface area contributed by atoms with Crippen molar-refractivity contribution in [1.82, 2.24) is 16.1 Å². The Balaban J connectivity index is 1.36. The van der Waals surface area contributed by atoms with E-state index < -0.39 is 17.9 Å². The number of allylic oxidation sites excluding steroid dienone is 1. The number of nitrogens with one attached hydrogen (secondary N) is 3. The zero-order chi connectivity index (χ0) is 30.8. The number of nitrogens with zero attached hydrogens (tertiary/aromatic N) is 1. The molecule has 0 saturated carbocycles. The largest absolute Gasteiger partial charge is 0.493 e. The number of ether oxygens (including phenoxy) is 4. The average Bonchev–Trinajstić information content (AvgIpc) is 3.00. The highest BCUT2D eigenvalue weighted by molar-refractivity contribution is 7.80. The molecular formula is C31H31ClN4O6S. The van der Waals surface area contributed by atoms with E-state index in [2.05, 4.69) is 21.2 Å². The molecule has 0 spiro atoms. The number of hydrogen-bond acceptors (Lipinski definition) is 8. The number of benzene rings is 3. The van der Waals surface area contributed by atoms with E-state index in [0.29, 0.717) is 56.4 Å². The van der Waals surface area contributed by atoms with Gasteiger partial charge in [-0.25, -0.2) is 10.2 Å². The van der Waals surface area contributed by atoms with Crippen LogP contribution < -0.4 is 30.3 Å². The number of thiocarbonyl (C=S) groups is 1. The first kappa shape index (κ1) is 31.3. The molecule has 3 N–H and O–H groups in total. The molecule has 224 valence electrons. The number of para-hydroxylation sites is 1. The minimum atomic E-state index is -0.627. The summed E-state index contributed by atoms with van der Waals surface area (Å²) in [6, 6.07) is 19.1. The standard InChI is InChI=1S/C31H31ClN4O6S/c1-4-40-30(38)28-19(2)34-31(43)35-29(28)23-7-5-6-8-24(23)42-18-27(37)36-33-16-21-11-14-25(26(15-21)39-3)41-17-20-9-12-22(32)13-10-20/h5-16,29H,4,17-18H2,1-3H3,(H,36,37)(H2,34,35,43)/t29-/m0/s1. The molecule has 1 aliphatic rings. The Morgan fingerprint density at radius 3 is 2.56 bits per heavy atom. The predicted octanol–water partition coefficient (Wildman–Crippen LogP) is 4.81. The Hall–Kier alpha value is -4.61. The third kappa shape index (κ3) is 8.46. The number of hydrogen-bond donors (Lipinski definition) is 3. The summed E-state index contributed by atoms with van der Waals surface area (Å²) in [7, 11) is 1.54. The van der Waals surface area contributed by atoms with Crippen molar-refractivity contribution in [2.45, 2.75) is 26.5 Å². The predicted molar refractivity (Wildman–Crippen MR) is 167 cm³/mol. The first-order chi connectivity index (χ1) is 20.8. The second kappa shape index (κ2) is 15.0. The number of esters is 1. The number of amides is 1. The summed E-state index contributed by atoms with van der Waals surface area (Å²) in [6.07, 6.45) is 1.48. The SMILES string of the molecule is CCOC(=O)C1=C(C)NC(=S)N[C@H]1c1ccccc1OCC(=O)NN=Cc1ccc(OCc2ccc(Cl)cc2)c(OC)c1. The van der Waals surface area contributed by atoms with Crippen LogP contribution in [0.2, 0.25) is 5.02 Å². The van der Waals surface area contributed by atoms with Crippen molar-refractivity contribution >= 4 is 47.0 Å².